The Morgan fingerprint density at radius 1 is 1.18 bits per heavy atom. The maximum absolute atomic E-state index is 15.1. The normalized spacial score (nSPS) is 16.4. The Morgan fingerprint density at radius 3 is 2.75 bits per heavy atom. The van der Waals surface area contributed by atoms with Crippen LogP contribution in [0.15, 0.2) is 55.0 Å². The molecule has 0 atom stereocenters. The Balaban J connectivity index is 1.32. The molecule has 4 heterocycles. The fourth-order valence-electron chi connectivity index (χ4n) is 3.71. The largest absolute Gasteiger partial charge is 0.338 e. The molecule has 1 aliphatic rings. The molecule has 1 aliphatic heterocycles. The highest BCUT2D eigenvalue weighted by atomic mass is 19.1. The highest BCUT2D eigenvalue weighted by Gasteiger charge is 2.36. The van der Waals surface area contributed by atoms with E-state index in [9.17, 15) is 4.79 Å². The second-order valence-electron chi connectivity index (χ2n) is 7.60. The minimum absolute atomic E-state index is 0.0208. The minimum atomic E-state index is -1.29. The Bertz CT molecular complexity index is 958. The number of fused-ring (bicyclic) bond motifs is 1. The van der Waals surface area contributed by atoms with E-state index < -0.39 is 5.67 Å². The molecule has 0 saturated carbocycles. The van der Waals surface area contributed by atoms with Gasteiger partial charge in [0.05, 0.1) is 16.8 Å². The monoisotopic (exact) mass is 380 g/mol. The number of alkyl halides is 1. The van der Waals surface area contributed by atoms with Gasteiger partial charge < -0.3 is 14.6 Å². The number of piperidine rings is 1. The van der Waals surface area contributed by atoms with Crippen molar-refractivity contribution in [2.24, 2.45) is 0 Å². The third-order valence-electron chi connectivity index (χ3n) is 5.47. The number of aromatic nitrogens is 2. The molecule has 0 unspecified atom stereocenters. The van der Waals surface area contributed by atoms with E-state index >= 15 is 4.39 Å². The van der Waals surface area contributed by atoms with E-state index in [1.54, 1.807) is 4.90 Å². The number of rotatable bonds is 5. The van der Waals surface area contributed by atoms with Gasteiger partial charge in [-0.15, -0.1) is 0 Å². The van der Waals surface area contributed by atoms with Crippen molar-refractivity contribution in [1.29, 1.82) is 0 Å². The van der Waals surface area contributed by atoms with Gasteiger partial charge >= 0.3 is 0 Å². The average molecular weight is 380 g/mol. The fourth-order valence-corrected chi connectivity index (χ4v) is 3.71. The molecule has 3 aromatic heterocycles. The highest BCUT2D eigenvalue weighted by molar-refractivity contribution is 6.01. The zero-order valence-electron chi connectivity index (χ0n) is 16.1. The van der Waals surface area contributed by atoms with Gasteiger partial charge in [0.2, 0.25) is 0 Å². The lowest BCUT2D eigenvalue weighted by atomic mass is 9.92. The lowest BCUT2D eigenvalue weighted by Gasteiger charge is -2.36. The molecule has 0 radical (unpaired) electrons. The van der Waals surface area contributed by atoms with E-state index in [2.05, 4.69) is 10.3 Å². The predicted molar refractivity (Wildman–Crippen MR) is 107 cm³/mol. The first-order valence-electron chi connectivity index (χ1n) is 9.70. The number of likely N-dealkylation sites (tertiary alicyclic amines) is 1. The first-order chi connectivity index (χ1) is 13.5. The molecule has 1 fully saturated rings. The van der Waals surface area contributed by atoms with Crippen LogP contribution < -0.4 is 5.32 Å². The van der Waals surface area contributed by atoms with Crippen molar-refractivity contribution < 1.29 is 9.18 Å². The van der Waals surface area contributed by atoms with Crippen LogP contribution in [0.25, 0.3) is 5.52 Å². The number of nitrogens with zero attached hydrogens (tertiary/aromatic N) is 3. The SMILES string of the molecule is Cc1ccc(CNCC2(F)CCN(C(=O)c3ccn4ccccc34)CC2)nc1. The topological polar surface area (TPSA) is 49.6 Å². The van der Waals surface area contributed by atoms with Crippen molar-refractivity contribution >= 4 is 11.4 Å². The number of nitrogens with one attached hydrogen (secondary N) is 1. The molecule has 0 aromatic carbocycles. The maximum Gasteiger partial charge on any atom is 0.256 e. The van der Waals surface area contributed by atoms with E-state index in [1.165, 1.54) is 0 Å². The zero-order valence-corrected chi connectivity index (χ0v) is 16.1. The number of hydrogen-bond acceptors (Lipinski definition) is 3. The summed E-state index contributed by atoms with van der Waals surface area (Å²) in [6.07, 6.45) is 6.31. The van der Waals surface area contributed by atoms with Crippen molar-refractivity contribution in [3.8, 4) is 0 Å². The van der Waals surface area contributed by atoms with Crippen LogP contribution in [0.5, 0.6) is 0 Å². The van der Waals surface area contributed by atoms with Crippen molar-refractivity contribution in [3.05, 3.63) is 71.8 Å². The van der Waals surface area contributed by atoms with Crippen LogP contribution in [-0.2, 0) is 6.54 Å². The first-order valence-corrected chi connectivity index (χ1v) is 9.70. The number of aryl methyl sites for hydroxylation is 1. The summed E-state index contributed by atoms with van der Waals surface area (Å²) in [6, 6.07) is 11.6. The molecular weight excluding hydrogens is 355 g/mol. The summed E-state index contributed by atoms with van der Waals surface area (Å²) in [5.41, 5.74) is 2.29. The Labute approximate surface area is 164 Å². The number of halogens is 1. The standard InChI is InChI=1S/C22H25FN4O/c1-17-5-6-18(25-14-17)15-24-16-22(23)8-12-27(13-9-22)21(28)19-7-11-26-10-3-2-4-20(19)26/h2-7,10-11,14,24H,8-9,12-13,15-16H2,1H3. The average Bonchev–Trinajstić information content (AvgIpc) is 3.14. The summed E-state index contributed by atoms with van der Waals surface area (Å²) < 4.78 is 17.1. The molecule has 1 N–H and O–H groups in total. The lowest BCUT2D eigenvalue weighted by molar-refractivity contribution is 0.0436. The summed E-state index contributed by atoms with van der Waals surface area (Å²) in [6.45, 7) is 3.69. The molecule has 6 heteroatoms. The van der Waals surface area contributed by atoms with Gasteiger partial charge in [-0.05, 0) is 36.8 Å². The number of hydrogen-bond donors (Lipinski definition) is 1. The van der Waals surface area contributed by atoms with Crippen LogP contribution in [0, 0.1) is 6.92 Å². The fraction of sp³-hybridized carbons (Fsp3) is 0.364. The van der Waals surface area contributed by atoms with Gasteiger partial charge in [0.15, 0.2) is 0 Å². The number of carbonyl (C=O) groups is 1. The molecule has 1 saturated heterocycles. The third-order valence-corrected chi connectivity index (χ3v) is 5.47. The van der Waals surface area contributed by atoms with Crippen LogP contribution in [0.1, 0.15) is 34.5 Å². The van der Waals surface area contributed by atoms with Crippen molar-refractivity contribution in [2.75, 3.05) is 19.6 Å². The lowest BCUT2D eigenvalue weighted by Crippen LogP contribution is -2.48. The molecule has 1 amide bonds. The zero-order chi connectivity index (χ0) is 19.6. The van der Waals surface area contributed by atoms with E-state index in [1.807, 2.05) is 66.3 Å². The van der Waals surface area contributed by atoms with Crippen LogP contribution in [0.2, 0.25) is 0 Å². The Kier molecular flexibility index (Phi) is 5.13. The molecule has 4 rings (SSSR count). The summed E-state index contributed by atoms with van der Waals surface area (Å²) in [7, 11) is 0. The quantitative estimate of drug-likeness (QED) is 0.738. The summed E-state index contributed by atoms with van der Waals surface area (Å²) in [4.78, 5) is 19.0. The molecule has 5 nitrogen and oxygen atoms in total. The van der Waals surface area contributed by atoms with Gasteiger partial charge in [-0.3, -0.25) is 9.78 Å². The van der Waals surface area contributed by atoms with Crippen molar-refractivity contribution in [3.63, 3.8) is 0 Å². The van der Waals surface area contributed by atoms with Gasteiger partial charge in [-0.2, -0.15) is 0 Å². The molecule has 0 bridgehead atoms. The molecule has 28 heavy (non-hydrogen) atoms. The molecular formula is C22H25FN4O. The first kappa shape index (κ1) is 18.6. The van der Waals surface area contributed by atoms with Gasteiger partial charge in [0, 0.05) is 57.6 Å². The van der Waals surface area contributed by atoms with Crippen LogP contribution in [-0.4, -0.2) is 45.5 Å². The van der Waals surface area contributed by atoms with E-state index in [4.69, 9.17) is 0 Å². The Morgan fingerprint density at radius 2 is 2.00 bits per heavy atom. The maximum atomic E-state index is 15.1. The summed E-state index contributed by atoms with van der Waals surface area (Å²) >= 11 is 0. The predicted octanol–water partition coefficient (Wildman–Crippen LogP) is 3.38. The molecule has 3 aromatic rings. The molecule has 0 aliphatic carbocycles. The van der Waals surface area contributed by atoms with Crippen LogP contribution in [0.4, 0.5) is 4.39 Å². The number of carbonyl (C=O) groups excluding carboxylic acids is 1. The van der Waals surface area contributed by atoms with Crippen LogP contribution in [0.3, 0.4) is 0 Å². The molecule has 146 valence electrons. The Hall–Kier alpha value is -2.73. The van der Waals surface area contributed by atoms with Crippen LogP contribution >= 0.6 is 0 Å². The van der Waals surface area contributed by atoms with Gasteiger partial charge in [-0.25, -0.2) is 4.39 Å². The van der Waals surface area contributed by atoms with Crippen molar-refractivity contribution in [2.45, 2.75) is 32.0 Å². The van der Waals surface area contributed by atoms with E-state index in [0.717, 1.165) is 16.8 Å². The second-order valence-corrected chi connectivity index (χ2v) is 7.60. The van der Waals surface area contributed by atoms with Crippen molar-refractivity contribution in [1.82, 2.24) is 19.6 Å². The third kappa shape index (κ3) is 3.92. The molecule has 0 spiro atoms. The van der Waals surface area contributed by atoms with Gasteiger partial charge in [0.25, 0.3) is 5.91 Å². The number of pyridine rings is 2. The van der Waals surface area contributed by atoms with E-state index in [0.29, 0.717) is 38.0 Å². The minimum Gasteiger partial charge on any atom is -0.338 e. The van der Waals surface area contributed by atoms with Gasteiger partial charge in [-0.1, -0.05) is 12.1 Å². The highest BCUT2D eigenvalue weighted by Crippen LogP contribution is 2.27. The van der Waals surface area contributed by atoms with Gasteiger partial charge in [0.1, 0.15) is 5.67 Å². The summed E-state index contributed by atoms with van der Waals surface area (Å²) in [5, 5.41) is 3.18. The van der Waals surface area contributed by atoms with E-state index in [-0.39, 0.29) is 12.5 Å². The number of amides is 1. The second kappa shape index (κ2) is 7.72. The summed E-state index contributed by atoms with van der Waals surface area (Å²) in [5.74, 6) is -0.0208. The smallest absolute Gasteiger partial charge is 0.256 e.